The van der Waals surface area contributed by atoms with Crippen LogP contribution in [0.25, 0.3) is 0 Å². The van der Waals surface area contributed by atoms with Gasteiger partial charge in [-0.1, -0.05) is 19.8 Å². The van der Waals surface area contributed by atoms with Crippen molar-refractivity contribution in [3.05, 3.63) is 0 Å². The van der Waals surface area contributed by atoms with Crippen LogP contribution in [0.2, 0.25) is 0 Å². The summed E-state index contributed by atoms with van der Waals surface area (Å²) in [6.45, 7) is 5.35. The van der Waals surface area contributed by atoms with E-state index in [1.54, 1.807) is 0 Å². The zero-order chi connectivity index (χ0) is 12.1. The number of rotatable bonds is 5. The summed E-state index contributed by atoms with van der Waals surface area (Å²) < 4.78 is 5.52. The molecule has 0 bridgehead atoms. The van der Waals surface area contributed by atoms with Crippen LogP contribution in [0, 0.1) is 11.3 Å². The van der Waals surface area contributed by atoms with Gasteiger partial charge in [0, 0.05) is 31.2 Å². The van der Waals surface area contributed by atoms with E-state index in [1.807, 2.05) is 0 Å². The van der Waals surface area contributed by atoms with Crippen LogP contribution in [-0.4, -0.2) is 37.5 Å². The van der Waals surface area contributed by atoms with Crippen LogP contribution in [0.4, 0.5) is 0 Å². The van der Waals surface area contributed by atoms with E-state index in [0.717, 1.165) is 38.5 Å². The van der Waals surface area contributed by atoms with Gasteiger partial charge in [0.15, 0.2) is 0 Å². The minimum absolute atomic E-state index is 0.204. The topological polar surface area (TPSA) is 41.5 Å². The second-order valence-electron chi connectivity index (χ2n) is 6.13. The second kappa shape index (κ2) is 6.17. The van der Waals surface area contributed by atoms with Crippen LogP contribution in [0.1, 0.15) is 45.4 Å². The molecular formula is C14H27NO2. The summed E-state index contributed by atoms with van der Waals surface area (Å²) >= 11 is 0. The number of aliphatic hydroxyl groups is 1. The molecule has 3 nitrogen and oxygen atoms in total. The fourth-order valence-electron chi connectivity index (χ4n) is 3.29. The van der Waals surface area contributed by atoms with E-state index in [0.29, 0.717) is 6.04 Å². The Morgan fingerprint density at radius 3 is 2.94 bits per heavy atom. The highest BCUT2D eigenvalue weighted by Gasteiger charge is 2.35. The van der Waals surface area contributed by atoms with Crippen molar-refractivity contribution in [2.45, 2.75) is 51.5 Å². The summed E-state index contributed by atoms with van der Waals surface area (Å²) in [6.07, 6.45) is 7.37. The summed E-state index contributed by atoms with van der Waals surface area (Å²) in [5.41, 5.74) is 0.204. The van der Waals surface area contributed by atoms with Crippen molar-refractivity contribution >= 4 is 0 Å². The number of nitrogens with one attached hydrogen (secondary N) is 1. The van der Waals surface area contributed by atoms with Gasteiger partial charge in [-0.25, -0.2) is 0 Å². The normalized spacial score (nSPS) is 38.5. The third-order valence-electron chi connectivity index (χ3n) is 4.53. The third-order valence-corrected chi connectivity index (χ3v) is 4.53. The molecule has 3 atom stereocenters. The highest BCUT2D eigenvalue weighted by molar-refractivity contribution is 4.87. The quantitative estimate of drug-likeness (QED) is 0.773. The Morgan fingerprint density at radius 1 is 1.41 bits per heavy atom. The maximum atomic E-state index is 9.19. The average molecular weight is 241 g/mol. The number of hydrogen-bond donors (Lipinski definition) is 2. The lowest BCUT2D eigenvalue weighted by Gasteiger charge is -2.33. The Hall–Kier alpha value is -0.120. The molecule has 2 N–H and O–H groups in total. The van der Waals surface area contributed by atoms with Crippen LogP contribution < -0.4 is 5.32 Å². The predicted molar refractivity (Wildman–Crippen MR) is 69.0 cm³/mol. The lowest BCUT2D eigenvalue weighted by atomic mass is 9.82. The molecule has 3 unspecified atom stereocenters. The van der Waals surface area contributed by atoms with Gasteiger partial charge in [0.05, 0.1) is 6.61 Å². The van der Waals surface area contributed by atoms with E-state index in [2.05, 4.69) is 12.2 Å². The van der Waals surface area contributed by atoms with Crippen LogP contribution in [0.5, 0.6) is 0 Å². The first-order valence-electron chi connectivity index (χ1n) is 7.16. The highest BCUT2D eigenvalue weighted by atomic mass is 16.5. The molecule has 2 aliphatic rings. The first-order valence-corrected chi connectivity index (χ1v) is 7.16. The van der Waals surface area contributed by atoms with Gasteiger partial charge in [-0.15, -0.1) is 0 Å². The maximum absolute atomic E-state index is 9.19. The van der Waals surface area contributed by atoms with E-state index in [1.165, 1.54) is 25.7 Å². The summed E-state index contributed by atoms with van der Waals surface area (Å²) in [7, 11) is 0. The summed E-state index contributed by atoms with van der Waals surface area (Å²) in [5, 5.41) is 12.9. The van der Waals surface area contributed by atoms with Crippen molar-refractivity contribution in [3.8, 4) is 0 Å². The van der Waals surface area contributed by atoms with Crippen LogP contribution in [0.3, 0.4) is 0 Å². The van der Waals surface area contributed by atoms with Crippen molar-refractivity contribution in [1.29, 1.82) is 0 Å². The van der Waals surface area contributed by atoms with E-state index < -0.39 is 0 Å². The zero-order valence-corrected chi connectivity index (χ0v) is 11.1. The minimum Gasteiger partial charge on any atom is -0.396 e. The molecule has 0 radical (unpaired) electrons. The molecule has 1 aliphatic carbocycles. The van der Waals surface area contributed by atoms with Crippen molar-refractivity contribution in [2.75, 3.05) is 26.4 Å². The van der Waals surface area contributed by atoms with Gasteiger partial charge in [0.25, 0.3) is 0 Å². The smallest absolute Gasteiger partial charge is 0.0536 e. The van der Waals surface area contributed by atoms with E-state index in [-0.39, 0.29) is 12.0 Å². The van der Waals surface area contributed by atoms with Gasteiger partial charge in [0.1, 0.15) is 0 Å². The Morgan fingerprint density at radius 2 is 2.29 bits per heavy atom. The Balaban J connectivity index is 1.78. The van der Waals surface area contributed by atoms with Crippen molar-refractivity contribution in [1.82, 2.24) is 5.32 Å². The number of hydrogen-bond acceptors (Lipinski definition) is 3. The van der Waals surface area contributed by atoms with Crippen LogP contribution in [-0.2, 0) is 4.74 Å². The molecule has 0 aromatic heterocycles. The van der Waals surface area contributed by atoms with Crippen LogP contribution in [0.15, 0.2) is 0 Å². The lowest BCUT2D eigenvalue weighted by Crippen LogP contribution is -2.42. The molecule has 2 fully saturated rings. The molecule has 1 saturated carbocycles. The molecule has 1 saturated heterocycles. The van der Waals surface area contributed by atoms with Gasteiger partial charge in [-0.3, -0.25) is 0 Å². The first kappa shape index (κ1) is 13.3. The average Bonchev–Trinajstić information content (AvgIpc) is 2.76. The monoisotopic (exact) mass is 241 g/mol. The largest absolute Gasteiger partial charge is 0.396 e. The van der Waals surface area contributed by atoms with Gasteiger partial charge in [-0.05, 0) is 31.6 Å². The Bertz CT molecular complexity index is 226. The molecule has 0 aromatic carbocycles. The number of aliphatic hydroxyl groups excluding tert-OH is 1. The molecule has 0 aromatic rings. The molecular weight excluding hydrogens is 214 g/mol. The van der Waals surface area contributed by atoms with Crippen molar-refractivity contribution < 1.29 is 9.84 Å². The Kier molecular flexibility index (Phi) is 4.83. The number of ether oxygens (including phenoxy) is 1. The first-order chi connectivity index (χ1) is 8.24. The maximum Gasteiger partial charge on any atom is 0.0536 e. The molecule has 3 heteroatoms. The molecule has 1 heterocycles. The second-order valence-corrected chi connectivity index (χ2v) is 6.13. The standard InChI is InChI=1S/C14H27NO2/c1-12-3-2-4-13(9-12)15-10-14(5-7-16)6-8-17-11-14/h12-13,15-16H,2-11H2,1H3. The van der Waals surface area contributed by atoms with E-state index in [9.17, 15) is 5.11 Å². The van der Waals surface area contributed by atoms with Crippen molar-refractivity contribution in [2.24, 2.45) is 11.3 Å². The fraction of sp³-hybridized carbons (Fsp3) is 1.00. The fourth-order valence-corrected chi connectivity index (χ4v) is 3.29. The molecule has 17 heavy (non-hydrogen) atoms. The zero-order valence-electron chi connectivity index (χ0n) is 11.1. The SMILES string of the molecule is CC1CCCC(NCC2(CCO)CCOC2)C1. The van der Waals surface area contributed by atoms with Crippen molar-refractivity contribution in [3.63, 3.8) is 0 Å². The van der Waals surface area contributed by atoms with Gasteiger partial charge in [0.2, 0.25) is 0 Å². The Labute approximate surface area is 105 Å². The summed E-state index contributed by atoms with van der Waals surface area (Å²) in [4.78, 5) is 0. The highest BCUT2D eigenvalue weighted by Crippen LogP contribution is 2.32. The van der Waals surface area contributed by atoms with Gasteiger partial charge >= 0.3 is 0 Å². The van der Waals surface area contributed by atoms with E-state index >= 15 is 0 Å². The third kappa shape index (κ3) is 3.67. The van der Waals surface area contributed by atoms with Crippen LogP contribution >= 0.6 is 0 Å². The molecule has 1 aliphatic heterocycles. The van der Waals surface area contributed by atoms with Gasteiger partial charge in [-0.2, -0.15) is 0 Å². The summed E-state index contributed by atoms with van der Waals surface area (Å²) in [6, 6.07) is 0.690. The predicted octanol–water partition coefficient (Wildman–Crippen LogP) is 1.94. The lowest BCUT2D eigenvalue weighted by molar-refractivity contribution is 0.119. The van der Waals surface area contributed by atoms with Gasteiger partial charge < -0.3 is 15.2 Å². The summed E-state index contributed by atoms with van der Waals surface area (Å²) in [5.74, 6) is 0.870. The molecule has 2 rings (SSSR count). The van der Waals surface area contributed by atoms with E-state index in [4.69, 9.17) is 4.74 Å². The molecule has 0 spiro atoms. The minimum atomic E-state index is 0.204. The molecule has 100 valence electrons. The molecule has 0 amide bonds.